The van der Waals surface area contributed by atoms with Gasteiger partial charge in [0.2, 0.25) is 0 Å². The van der Waals surface area contributed by atoms with E-state index in [0.29, 0.717) is 16.7 Å². The molecule has 0 N–H and O–H groups in total. The minimum Gasteiger partial charge on any atom is -0.456 e. The van der Waals surface area contributed by atoms with Crippen LogP contribution in [0.1, 0.15) is 17.8 Å². The van der Waals surface area contributed by atoms with Gasteiger partial charge in [-0.1, -0.05) is 163 Å². The van der Waals surface area contributed by atoms with Crippen molar-refractivity contribution in [1.29, 1.82) is 0 Å². The van der Waals surface area contributed by atoms with E-state index in [1.165, 1.54) is 0 Å². The van der Waals surface area contributed by atoms with Crippen molar-refractivity contribution in [2.45, 2.75) is 0 Å². The average molecular weight is 636 g/mol. The molecule has 0 atom stereocenters. The summed E-state index contributed by atoms with van der Waals surface area (Å²) in [5.41, 5.74) is 4.64. The van der Waals surface area contributed by atoms with Gasteiger partial charge in [-0.25, -0.2) is 0 Å². The van der Waals surface area contributed by atoms with Crippen LogP contribution in [0.4, 0.5) is 0 Å². The van der Waals surface area contributed by atoms with Gasteiger partial charge in [0, 0.05) is 10.8 Å². The predicted molar refractivity (Wildman–Crippen MR) is 208 cm³/mol. The quantitative estimate of drug-likeness (QED) is 0.175. The topological polar surface area (TPSA) is 13.1 Å². The smallest absolute Gasteiger partial charge is 0.136 e. The second-order valence-electron chi connectivity index (χ2n) is 11.8. The zero-order valence-corrected chi connectivity index (χ0v) is 25.7. The second-order valence-corrected chi connectivity index (χ2v) is 11.8. The Bertz CT molecular complexity index is 3500. The minimum atomic E-state index is -0.714. The van der Waals surface area contributed by atoms with Crippen molar-refractivity contribution in [1.82, 2.24) is 0 Å². The highest BCUT2D eigenvalue weighted by atomic mass is 16.3. The molecule has 49 heavy (non-hydrogen) atoms. The summed E-state index contributed by atoms with van der Waals surface area (Å²) in [6.45, 7) is 0. The Hall–Kier alpha value is -6.44. The predicted octanol–water partition coefficient (Wildman–Crippen LogP) is 13.7. The van der Waals surface area contributed by atoms with E-state index in [2.05, 4.69) is 36.4 Å². The van der Waals surface area contributed by atoms with Gasteiger partial charge in [0.05, 0.1) is 17.8 Å². The molecule has 0 saturated carbocycles. The van der Waals surface area contributed by atoms with E-state index in [0.717, 1.165) is 43.8 Å². The molecule has 1 aromatic heterocycles. The van der Waals surface area contributed by atoms with Crippen LogP contribution in [0.25, 0.3) is 98.8 Å². The molecule has 228 valence electrons. The molecule has 0 bridgehead atoms. The summed E-state index contributed by atoms with van der Waals surface area (Å²) in [4.78, 5) is 0. The van der Waals surface area contributed by atoms with Crippen LogP contribution < -0.4 is 0 Å². The Morgan fingerprint density at radius 3 is 1.47 bits per heavy atom. The molecule has 0 radical (unpaired) electrons. The molecule has 1 heteroatoms. The van der Waals surface area contributed by atoms with E-state index in [9.17, 15) is 5.48 Å². The summed E-state index contributed by atoms with van der Waals surface area (Å²) in [5.74, 6) is 0. The van der Waals surface area contributed by atoms with Crippen molar-refractivity contribution in [3.63, 3.8) is 0 Å². The number of hydrogen-bond acceptors (Lipinski definition) is 1. The first-order valence-electron chi connectivity index (χ1n) is 22.3. The van der Waals surface area contributed by atoms with E-state index >= 15 is 0 Å². The molecule has 0 saturated heterocycles. The first-order valence-corrected chi connectivity index (χ1v) is 15.8. The second kappa shape index (κ2) is 11.1. The molecule has 0 amide bonds. The van der Waals surface area contributed by atoms with Crippen molar-refractivity contribution in [3.8, 4) is 44.5 Å². The maximum atomic E-state index is 9.27. The largest absolute Gasteiger partial charge is 0.456 e. The lowest BCUT2D eigenvalue weighted by Gasteiger charge is -2.18. The molecule has 10 aromatic rings. The SMILES string of the molecule is [2H]c1c([2H])c([2H])c(-c2c3c([2H])c([2H])c([2H])c([2H])c3c(-c3ccc(-c4cccc5oc6cccc(-c7ccc8ccccc8c7)c6c45)cc3)c3c([2H])c([2H])c([2H])c([2H])c23)c([2H])c1[2H]. The summed E-state index contributed by atoms with van der Waals surface area (Å²) in [6.07, 6.45) is 0. The van der Waals surface area contributed by atoms with E-state index in [-0.39, 0.29) is 32.7 Å². The Morgan fingerprint density at radius 2 is 0.857 bits per heavy atom. The maximum absolute atomic E-state index is 9.27. The monoisotopic (exact) mass is 635 g/mol. The van der Waals surface area contributed by atoms with Crippen molar-refractivity contribution in [3.05, 3.63) is 182 Å². The number of benzene rings is 9. The first-order chi connectivity index (χ1) is 29.7. The Morgan fingerprint density at radius 1 is 0.367 bits per heavy atom. The fourth-order valence-electron chi connectivity index (χ4n) is 7.06. The standard InChI is InChI=1S/C48H30O/c1-2-13-33(14-3-1)45-39-16-6-8-18-41(39)46(42-19-9-7-17-40(42)45)34-27-25-32(26-28-34)37-20-10-22-43-47(37)48-38(21-11-23-44(48)49-43)36-29-24-31-12-4-5-15-35(31)30-36/h1-30H/i1D,2D,3D,6D,7D,8D,9D,13D,14D,16D,17D,18D,19D. The number of fused-ring (bicyclic) bond motifs is 6. The molecular weight excluding hydrogens is 593 g/mol. The lowest BCUT2D eigenvalue weighted by atomic mass is 9.85. The van der Waals surface area contributed by atoms with Crippen LogP contribution in [0.2, 0.25) is 0 Å². The third kappa shape index (κ3) is 4.40. The van der Waals surface area contributed by atoms with Crippen LogP contribution in [0.5, 0.6) is 0 Å². The summed E-state index contributed by atoms with van der Waals surface area (Å²) >= 11 is 0. The van der Waals surface area contributed by atoms with Crippen molar-refractivity contribution in [2.24, 2.45) is 0 Å². The average Bonchev–Trinajstić information content (AvgIpc) is 3.69. The van der Waals surface area contributed by atoms with E-state index in [1.54, 1.807) is 12.1 Å². The van der Waals surface area contributed by atoms with Gasteiger partial charge in [0.25, 0.3) is 0 Å². The summed E-state index contributed by atoms with van der Waals surface area (Å²) < 4.78 is 121. The Balaban J connectivity index is 1.28. The van der Waals surface area contributed by atoms with Gasteiger partial charge in [-0.2, -0.15) is 0 Å². The normalized spacial score (nSPS) is 15.4. The molecule has 0 aliphatic heterocycles. The highest BCUT2D eigenvalue weighted by Gasteiger charge is 2.19. The van der Waals surface area contributed by atoms with Crippen LogP contribution in [-0.2, 0) is 0 Å². The summed E-state index contributed by atoms with van der Waals surface area (Å²) in [5, 5.41) is 3.25. The molecule has 1 heterocycles. The molecule has 9 aromatic carbocycles. The molecule has 0 fully saturated rings. The zero-order valence-electron chi connectivity index (χ0n) is 38.7. The number of rotatable bonds is 4. The number of furan rings is 1. The summed E-state index contributed by atoms with van der Waals surface area (Å²) in [7, 11) is 0. The lowest BCUT2D eigenvalue weighted by Crippen LogP contribution is -1.90. The molecule has 0 aliphatic carbocycles. The zero-order chi connectivity index (χ0) is 43.6. The number of hydrogen-bond donors (Lipinski definition) is 0. The molecule has 1 nitrogen and oxygen atoms in total. The van der Waals surface area contributed by atoms with Crippen molar-refractivity contribution in [2.75, 3.05) is 0 Å². The third-order valence-electron chi connectivity index (χ3n) is 9.19. The Labute approximate surface area is 302 Å². The molecule has 0 spiro atoms. The molecule has 0 unspecified atom stereocenters. The van der Waals surface area contributed by atoms with Crippen LogP contribution in [0, 0.1) is 0 Å². The van der Waals surface area contributed by atoms with Crippen LogP contribution in [0.3, 0.4) is 0 Å². The summed E-state index contributed by atoms with van der Waals surface area (Å²) in [6, 6.07) is 25.0. The molecular formula is C48H30O. The van der Waals surface area contributed by atoms with Crippen molar-refractivity contribution >= 4 is 54.3 Å². The first kappa shape index (κ1) is 17.6. The van der Waals surface area contributed by atoms with E-state index in [1.807, 2.05) is 54.6 Å². The van der Waals surface area contributed by atoms with Gasteiger partial charge in [-0.05, 0) is 95.0 Å². The van der Waals surface area contributed by atoms with E-state index < -0.39 is 84.1 Å². The van der Waals surface area contributed by atoms with E-state index in [4.69, 9.17) is 16.8 Å². The van der Waals surface area contributed by atoms with Crippen LogP contribution in [0.15, 0.2) is 186 Å². The van der Waals surface area contributed by atoms with Gasteiger partial charge in [0.1, 0.15) is 11.2 Å². The van der Waals surface area contributed by atoms with Gasteiger partial charge in [-0.3, -0.25) is 0 Å². The van der Waals surface area contributed by atoms with Gasteiger partial charge in [0.15, 0.2) is 0 Å². The highest BCUT2D eigenvalue weighted by molar-refractivity contribution is 6.22. The molecule has 0 aliphatic rings. The minimum absolute atomic E-state index is 0.0715. The third-order valence-corrected chi connectivity index (χ3v) is 9.19. The maximum Gasteiger partial charge on any atom is 0.136 e. The highest BCUT2D eigenvalue weighted by Crippen LogP contribution is 2.45. The molecule has 10 rings (SSSR count). The van der Waals surface area contributed by atoms with Crippen LogP contribution >= 0.6 is 0 Å². The fourth-order valence-corrected chi connectivity index (χ4v) is 7.06. The van der Waals surface area contributed by atoms with Crippen molar-refractivity contribution < 1.29 is 22.2 Å². The van der Waals surface area contributed by atoms with Gasteiger partial charge in [-0.15, -0.1) is 0 Å². The van der Waals surface area contributed by atoms with Gasteiger partial charge < -0.3 is 4.42 Å². The lowest BCUT2D eigenvalue weighted by molar-refractivity contribution is 0.669. The van der Waals surface area contributed by atoms with Gasteiger partial charge >= 0.3 is 0 Å². The van der Waals surface area contributed by atoms with Crippen LogP contribution in [-0.4, -0.2) is 0 Å². The fraction of sp³-hybridized carbons (Fsp3) is 0. The Kier molecular flexibility index (Phi) is 3.99.